The maximum absolute atomic E-state index is 6.50. The van der Waals surface area contributed by atoms with E-state index in [-0.39, 0.29) is 0 Å². The van der Waals surface area contributed by atoms with Crippen LogP contribution in [-0.2, 0) is 0 Å². The van der Waals surface area contributed by atoms with Gasteiger partial charge in [-0.2, -0.15) is 0 Å². The Kier molecular flexibility index (Phi) is 3.84. The van der Waals surface area contributed by atoms with Crippen molar-refractivity contribution in [1.82, 2.24) is 0 Å². The van der Waals surface area contributed by atoms with Crippen molar-refractivity contribution in [3.63, 3.8) is 0 Å². The maximum atomic E-state index is 6.50. The largest absolute Gasteiger partial charge is 0.398 e. The third-order valence-corrected chi connectivity index (χ3v) is 3.85. The molecule has 0 aliphatic heterocycles. The van der Waals surface area contributed by atoms with E-state index in [4.69, 9.17) is 5.73 Å². The molecule has 22 heavy (non-hydrogen) atoms. The van der Waals surface area contributed by atoms with Crippen LogP contribution in [0.5, 0.6) is 0 Å². The van der Waals surface area contributed by atoms with Gasteiger partial charge in [-0.15, -0.1) is 0 Å². The first-order chi connectivity index (χ1) is 10.7. The number of benzene rings is 3. The number of hydrogen-bond donors (Lipinski definition) is 1. The highest BCUT2D eigenvalue weighted by Crippen LogP contribution is 2.38. The van der Waals surface area contributed by atoms with Gasteiger partial charge in [0.15, 0.2) is 0 Å². The average molecular weight is 288 g/mol. The predicted octanol–water partition coefficient (Wildman–Crippen LogP) is 4.67. The van der Waals surface area contributed by atoms with Gasteiger partial charge in [-0.1, -0.05) is 60.7 Å². The van der Waals surface area contributed by atoms with Crippen LogP contribution in [0, 0.1) is 0 Å². The van der Waals surface area contributed by atoms with E-state index < -0.39 is 0 Å². The molecule has 0 aromatic heterocycles. The third kappa shape index (κ3) is 2.68. The molecular weight excluding hydrogens is 268 g/mol. The first kappa shape index (κ1) is 14.2. The highest BCUT2D eigenvalue weighted by Gasteiger charge is 2.12. The summed E-state index contributed by atoms with van der Waals surface area (Å²) in [7, 11) is 4.10. The summed E-state index contributed by atoms with van der Waals surface area (Å²) >= 11 is 0. The lowest BCUT2D eigenvalue weighted by atomic mass is 9.95. The fraction of sp³-hybridized carbons (Fsp3) is 0.100. The van der Waals surface area contributed by atoms with Crippen LogP contribution in [0.3, 0.4) is 0 Å². The predicted molar refractivity (Wildman–Crippen MR) is 96.1 cm³/mol. The van der Waals surface area contributed by atoms with Crippen molar-refractivity contribution < 1.29 is 0 Å². The van der Waals surface area contributed by atoms with E-state index in [0.29, 0.717) is 0 Å². The van der Waals surface area contributed by atoms with Gasteiger partial charge >= 0.3 is 0 Å². The Morgan fingerprint density at radius 1 is 0.682 bits per heavy atom. The minimum Gasteiger partial charge on any atom is -0.398 e. The maximum Gasteiger partial charge on any atom is 0.0474 e. The topological polar surface area (TPSA) is 29.3 Å². The standard InChI is InChI=1S/C20H20N2/c1-22(2)17-13-18(15-9-5-3-6-10-15)20(21)19(14-17)16-11-7-4-8-12-16/h3-14H,21H2,1-2H3. The lowest BCUT2D eigenvalue weighted by Crippen LogP contribution is -2.09. The van der Waals surface area contributed by atoms with Gasteiger partial charge in [0.25, 0.3) is 0 Å². The molecule has 0 amide bonds. The van der Waals surface area contributed by atoms with Crippen molar-refractivity contribution in [2.75, 3.05) is 24.7 Å². The van der Waals surface area contributed by atoms with E-state index in [0.717, 1.165) is 33.6 Å². The smallest absolute Gasteiger partial charge is 0.0474 e. The third-order valence-electron chi connectivity index (χ3n) is 3.85. The summed E-state index contributed by atoms with van der Waals surface area (Å²) in [6.45, 7) is 0. The molecule has 0 aliphatic carbocycles. The van der Waals surface area contributed by atoms with E-state index in [2.05, 4.69) is 55.4 Å². The van der Waals surface area contributed by atoms with Gasteiger partial charge in [0.1, 0.15) is 0 Å². The van der Waals surface area contributed by atoms with Crippen molar-refractivity contribution in [1.29, 1.82) is 0 Å². The zero-order chi connectivity index (χ0) is 15.5. The van der Waals surface area contributed by atoms with Crippen LogP contribution in [-0.4, -0.2) is 14.1 Å². The summed E-state index contributed by atoms with van der Waals surface area (Å²) in [5, 5.41) is 0. The molecule has 3 aromatic carbocycles. The monoisotopic (exact) mass is 288 g/mol. The molecular formula is C20H20N2. The van der Waals surface area contributed by atoms with Crippen LogP contribution < -0.4 is 10.6 Å². The molecule has 3 aromatic rings. The van der Waals surface area contributed by atoms with Gasteiger partial charge in [-0.3, -0.25) is 0 Å². The lowest BCUT2D eigenvalue weighted by Gasteiger charge is -2.19. The molecule has 0 aliphatic rings. The van der Waals surface area contributed by atoms with Crippen molar-refractivity contribution in [3.8, 4) is 22.3 Å². The molecule has 0 bridgehead atoms. The Morgan fingerprint density at radius 3 is 1.45 bits per heavy atom. The molecule has 110 valence electrons. The molecule has 0 radical (unpaired) electrons. The zero-order valence-corrected chi connectivity index (χ0v) is 13.0. The van der Waals surface area contributed by atoms with Crippen molar-refractivity contribution in [2.24, 2.45) is 0 Å². The summed E-state index contributed by atoms with van der Waals surface area (Å²) in [6.07, 6.45) is 0. The number of hydrogen-bond acceptors (Lipinski definition) is 2. The second kappa shape index (κ2) is 5.94. The summed E-state index contributed by atoms with van der Waals surface area (Å²) in [5.74, 6) is 0. The summed E-state index contributed by atoms with van der Waals surface area (Å²) in [6, 6.07) is 24.9. The van der Waals surface area contributed by atoms with E-state index in [1.807, 2.05) is 36.4 Å². The quantitative estimate of drug-likeness (QED) is 0.710. The van der Waals surface area contributed by atoms with Crippen molar-refractivity contribution in [2.45, 2.75) is 0 Å². The van der Waals surface area contributed by atoms with Crippen LogP contribution in [0.2, 0.25) is 0 Å². The Bertz CT molecular complexity index is 702. The molecule has 2 heteroatoms. The summed E-state index contributed by atoms with van der Waals surface area (Å²) in [4.78, 5) is 2.11. The molecule has 3 rings (SSSR count). The van der Waals surface area contributed by atoms with Gasteiger partial charge in [0, 0.05) is 36.6 Å². The van der Waals surface area contributed by atoms with E-state index >= 15 is 0 Å². The second-order valence-corrected chi connectivity index (χ2v) is 5.58. The molecule has 0 saturated heterocycles. The lowest BCUT2D eigenvalue weighted by molar-refractivity contribution is 1.13. The van der Waals surface area contributed by atoms with Gasteiger partial charge in [0.05, 0.1) is 0 Å². The Morgan fingerprint density at radius 2 is 1.09 bits per heavy atom. The number of nitrogens with two attached hydrogens (primary N) is 1. The fourth-order valence-corrected chi connectivity index (χ4v) is 2.61. The van der Waals surface area contributed by atoms with Crippen LogP contribution in [0.15, 0.2) is 72.8 Å². The van der Waals surface area contributed by atoms with Gasteiger partial charge in [-0.05, 0) is 23.3 Å². The number of anilines is 2. The molecule has 0 spiro atoms. The first-order valence-electron chi connectivity index (χ1n) is 7.38. The van der Waals surface area contributed by atoms with E-state index in [9.17, 15) is 0 Å². The van der Waals surface area contributed by atoms with Crippen LogP contribution in [0.1, 0.15) is 0 Å². The zero-order valence-electron chi connectivity index (χ0n) is 13.0. The van der Waals surface area contributed by atoms with Crippen molar-refractivity contribution >= 4 is 11.4 Å². The number of nitrogens with zero attached hydrogens (tertiary/aromatic N) is 1. The van der Waals surface area contributed by atoms with Gasteiger partial charge < -0.3 is 10.6 Å². The minimum absolute atomic E-state index is 0.822. The molecule has 0 unspecified atom stereocenters. The minimum atomic E-state index is 0.822. The van der Waals surface area contributed by atoms with Gasteiger partial charge in [-0.25, -0.2) is 0 Å². The summed E-state index contributed by atoms with van der Waals surface area (Å²) < 4.78 is 0. The average Bonchev–Trinajstić information content (AvgIpc) is 2.56. The normalized spacial score (nSPS) is 10.5. The molecule has 0 saturated carbocycles. The fourth-order valence-electron chi connectivity index (χ4n) is 2.61. The first-order valence-corrected chi connectivity index (χ1v) is 7.38. The molecule has 0 fully saturated rings. The van der Waals surface area contributed by atoms with Crippen LogP contribution in [0.25, 0.3) is 22.3 Å². The summed E-state index contributed by atoms with van der Waals surface area (Å²) in [5.41, 5.74) is 12.9. The molecule has 0 atom stereocenters. The highest BCUT2D eigenvalue weighted by atomic mass is 15.1. The Hall–Kier alpha value is -2.74. The molecule has 0 heterocycles. The Labute approximate surface area is 131 Å². The number of nitrogen functional groups attached to an aromatic ring is 1. The molecule has 2 nitrogen and oxygen atoms in total. The van der Waals surface area contributed by atoms with Crippen molar-refractivity contribution in [3.05, 3.63) is 72.8 Å². The van der Waals surface area contributed by atoms with E-state index in [1.54, 1.807) is 0 Å². The highest BCUT2D eigenvalue weighted by molar-refractivity contribution is 5.92. The molecule has 2 N–H and O–H groups in total. The van der Waals surface area contributed by atoms with Gasteiger partial charge in [0.2, 0.25) is 0 Å². The van der Waals surface area contributed by atoms with Crippen LogP contribution >= 0.6 is 0 Å². The van der Waals surface area contributed by atoms with Crippen LogP contribution in [0.4, 0.5) is 11.4 Å². The second-order valence-electron chi connectivity index (χ2n) is 5.58. The Balaban J connectivity index is 2.25. The number of rotatable bonds is 3. The SMILES string of the molecule is CN(C)c1cc(-c2ccccc2)c(N)c(-c2ccccc2)c1. The van der Waals surface area contributed by atoms with E-state index in [1.165, 1.54) is 0 Å².